The van der Waals surface area contributed by atoms with Crippen LogP contribution in [0.5, 0.6) is 0 Å². The summed E-state index contributed by atoms with van der Waals surface area (Å²) < 4.78 is 0.919. The molecule has 0 bridgehead atoms. The highest BCUT2D eigenvalue weighted by atomic mass is 32.2. The Morgan fingerprint density at radius 2 is 2.07 bits per heavy atom. The second-order valence-electron chi connectivity index (χ2n) is 6.40. The Hall–Kier alpha value is -1.95. The van der Waals surface area contributed by atoms with E-state index >= 15 is 0 Å². The van der Waals surface area contributed by atoms with Gasteiger partial charge >= 0.3 is 5.97 Å². The van der Waals surface area contributed by atoms with Gasteiger partial charge in [-0.25, -0.2) is 9.78 Å². The molecule has 4 rings (SSSR count). The number of benzene rings is 1. The van der Waals surface area contributed by atoms with Gasteiger partial charge < -0.3 is 10.4 Å². The van der Waals surface area contributed by atoms with Crippen molar-refractivity contribution >= 4 is 64.4 Å². The largest absolute Gasteiger partial charge is 0.477 e. The quantitative estimate of drug-likeness (QED) is 0.339. The maximum Gasteiger partial charge on any atom is 0.353 e. The molecule has 0 aliphatic carbocycles. The Morgan fingerprint density at radius 1 is 1.27 bits per heavy atom. The summed E-state index contributed by atoms with van der Waals surface area (Å²) in [6.45, 7) is 0. The van der Waals surface area contributed by atoms with Crippen molar-refractivity contribution in [2.24, 2.45) is 0 Å². The van der Waals surface area contributed by atoms with E-state index in [0.29, 0.717) is 15.7 Å². The van der Waals surface area contributed by atoms with Crippen molar-refractivity contribution in [2.75, 3.05) is 10.8 Å². The van der Waals surface area contributed by atoms with Gasteiger partial charge in [0.15, 0.2) is 4.34 Å². The normalized spacial score (nSPS) is 20.5. The molecule has 2 atom stereocenters. The highest BCUT2D eigenvalue weighted by molar-refractivity contribution is 8.18. The van der Waals surface area contributed by atoms with Gasteiger partial charge in [0.25, 0.3) is 5.91 Å². The van der Waals surface area contributed by atoms with Gasteiger partial charge in [-0.3, -0.25) is 14.5 Å². The Morgan fingerprint density at radius 3 is 2.77 bits per heavy atom. The molecule has 2 aliphatic heterocycles. The van der Waals surface area contributed by atoms with Crippen LogP contribution in [0.15, 0.2) is 56.9 Å². The van der Waals surface area contributed by atoms with Gasteiger partial charge in [-0.05, 0) is 5.56 Å². The number of nitrogens with zero attached hydrogens (tertiary/aromatic N) is 2. The highest BCUT2D eigenvalue weighted by Gasteiger charge is 2.54. The Balaban J connectivity index is 1.39. The smallest absolute Gasteiger partial charge is 0.353 e. The molecule has 2 aliphatic rings. The minimum absolute atomic E-state index is 0.0297. The van der Waals surface area contributed by atoms with Crippen LogP contribution in [0, 0.1) is 0 Å². The number of carbonyl (C=O) groups is 3. The zero-order chi connectivity index (χ0) is 21.1. The third-order valence-electron chi connectivity index (χ3n) is 4.49. The molecule has 1 aromatic carbocycles. The van der Waals surface area contributed by atoms with Gasteiger partial charge in [0, 0.05) is 22.2 Å². The summed E-state index contributed by atoms with van der Waals surface area (Å²) in [5.41, 5.74) is 0.888. The first-order chi connectivity index (χ1) is 14.5. The number of aromatic nitrogens is 1. The van der Waals surface area contributed by atoms with Gasteiger partial charge in [0.1, 0.15) is 17.1 Å². The summed E-state index contributed by atoms with van der Waals surface area (Å²) in [5.74, 6) is -1.26. The summed E-state index contributed by atoms with van der Waals surface area (Å²) in [5, 5.41) is 14.6. The van der Waals surface area contributed by atoms with Gasteiger partial charge in [-0.1, -0.05) is 42.1 Å². The minimum Gasteiger partial charge on any atom is -0.477 e. The first kappa shape index (κ1) is 21.3. The van der Waals surface area contributed by atoms with Gasteiger partial charge in [-0.15, -0.1) is 34.9 Å². The van der Waals surface area contributed by atoms with Crippen LogP contribution in [0.2, 0.25) is 0 Å². The third-order valence-corrected chi connectivity index (χ3v) is 9.14. The molecule has 2 N–H and O–H groups in total. The number of thiazole rings is 1. The van der Waals surface area contributed by atoms with Crippen LogP contribution in [0.3, 0.4) is 0 Å². The molecule has 0 spiro atoms. The Bertz CT molecular complexity index is 981. The lowest BCUT2D eigenvalue weighted by molar-refractivity contribution is -0.150. The SMILES string of the molecule is O=C(Cc1ccccc1)N[C@@H]1C(=O)N2C(C(=O)O)=C(SCSc3nccs3)CS[C@H]12. The first-order valence-electron chi connectivity index (χ1n) is 8.94. The molecule has 11 heteroatoms. The Kier molecular flexibility index (Phi) is 6.71. The van der Waals surface area contributed by atoms with E-state index in [-0.39, 0.29) is 29.3 Å². The van der Waals surface area contributed by atoms with Crippen LogP contribution in [0.25, 0.3) is 0 Å². The molecule has 1 fully saturated rings. The van der Waals surface area contributed by atoms with E-state index in [1.807, 2.05) is 35.7 Å². The second kappa shape index (κ2) is 9.46. The van der Waals surface area contributed by atoms with Gasteiger partial charge in [0.2, 0.25) is 5.91 Å². The average molecular weight is 480 g/mol. The minimum atomic E-state index is -1.12. The summed E-state index contributed by atoms with van der Waals surface area (Å²) in [6, 6.07) is 8.58. The number of carboxylic acids is 1. The molecule has 0 unspecified atom stereocenters. The van der Waals surface area contributed by atoms with Crippen molar-refractivity contribution in [1.82, 2.24) is 15.2 Å². The van der Waals surface area contributed by atoms with Crippen LogP contribution in [0.4, 0.5) is 0 Å². The zero-order valence-electron chi connectivity index (χ0n) is 15.5. The van der Waals surface area contributed by atoms with E-state index < -0.39 is 12.0 Å². The lowest BCUT2D eigenvalue weighted by Gasteiger charge is -2.49. The summed E-state index contributed by atoms with van der Waals surface area (Å²) in [7, 11) is 0. The van der Waals surface area contributed by atoms with Crippen LogP contribution >= 0.6 is 46.6 Å². The second-order valence-corrected chi connectivity index (χ2v) is 11.1. The molecule has 0 radical (unpaired) electrons. The molecule has 30 heavy (non-hydrogen) atoms. The maximum atomic E-state index is 12.7. The number of rotatable bonds is 8. The van der Waals surface area contributed by atoms with Crippen LogP contribution in [-0.2, 0) is 20.8 Å². The van der Waals surface area contributed by atoms with E-state index in [1.54, 1.807) is 6.20 Å². The number of aliphatic carboxylic acids is 1. The monoisotopic (exact) mass is 479 g/mol. The predicted octanol–water partition coefficient (Wildman–Crippen LogP) is 2.86. The number of fused-ring (bicyclic) bond motifs is 1. The van der Waals surface area contributed by atoms with E-state index in [4.69, 9.17) is 0 Å². The molecular formula is C19H17N3O4S4. The van der Waals surface area contributed by atoms with E-state index in [1.165, 1.54) is 51.5 Å². The number of hydrogen-bond acceptors (Lipinski definition) is 8. The molecule has 1 saturated heterocycles. The molecular weight excluding hydrogens is 462 g/mol. The number of β-lactam (4-membered cyclic amide) rings is 1. The van der Waals surface area contributed by atoms with Crippen LogP contribution in [0.1, 0.15) is 5.56 Å². The van der Waals surface area contributed by atoms with Crippen molar-refractivity contribution < 1.29 is 19.5 Å². The number of hydrogen-bond donors (Lipinski definition) is 2. The summed E-state index contributed by atoms with van der Waals surface area (Å²) in [6.07, 6.45) is 1.91. The third kappa shape index (κ3) is 4.53. The van der Waals surface area contributed by atoms with E-state index in [0.717, 1.165) is 9.90 Å². The van der Waals surface area contributed by atoms with Crippen LogP contribution in [-0.4, -0.2) is 55.0 Å². The molecule has 3 heterocycles. The molecule has 2 amide bonds. The zero-order valence-corrected chi connectivity index (χ0v) is 18.8. The first-order valence-corrected chi connectivity index (χ1v) is 12.8. The number of thioether (sulfide) groups is 3. The van der Waals surface area contributed by atoms with Gasteiger partial charge in [0.05, 0.1) is 11.5 Å². The fourth-order valence-corrected chi connectivity index (χ4v) is 7.77. The van der Waals surface area contributed by atoms with Crippen molar-refractivity contribution in [2.45, 2.75) is 22.2 Å². The van der Waals surface area contributed by atoms with Crippen LogP contribution < -0.4 is 5.32 Å². The highest BCUT2D eigenvalue weighted by Crippen LogP contribution is 2.44. The molecule has 156 valence electrons. The summed E-state index contributed by atoms with van der Waals surface area (Å²) in [4.78, 5) is 43.1. The lowest BCUT2D eigenvalue weighted by atomic mass is 10.0. The van der Waals surface area contributed by atoms with Crippen molar-refractivity contribution in [3.63, 3.8) is 0 Å². The molecule has 1 aromatic heterocycles. The van der Waals surface area contributed by atoms with E-state index in [2.05, 4.69) is 10.3 Å². The number of carboxylic acid groups (broad SMARTS) is 1. The molecule has 7 nitrogen and oxygen atoms in total. The molecule has 0 saturated carbocycles. The standard InChI is InChI=1S/C19H17N3O4S4/c23-13(8-11-4-2-1-3-5-11)21-14-16(24)22-15(18(25)26)12(9-28-17(14)22)29-10-30-19-20-6-7-27-19/h1-7,14,17H,8-10H2,(H,21,23)(H,25,26)/t14-,17-/m1/s1. The fraction of sp³-hybridized carbons (Fsp3) is 0.263. The topological polar surface area (TPSA) is 99.6 Å². The van der Waals surface area contributed by atoms with E-state index in [9.17, 15) is 19.5 Å². The number of nitrogens with one attached hydrogen (secondary N) is 1. The van der Waals surface area contributed by atoms with Gasteiger partial charge in [-0.2, -0.15) is 0 Å². The van der Waals surface area contributed by atoms with Crippen molar-refractivity contribution in [3.05, 3.63) is 58.1 Å². The number of carbonyl (C=O) groups excluding carboxylic acids is 2. The number of amides is 2. The predicted molar refractivity (Wildman–Crippen MR) is 120 cm³/mol. The molecule has 2 aromatic rings. The van der Waals surface area contributed by atoms with Crippen molar-refractivity contribution in [1.29, 1.82) is 0 Å². The fourth-order valence-electron chi connectivity index (χ4n) is 3.14. The average Bonchev–Trinajstić information content (AvgIpc) is 3.25. The maximum absolute atomic E-state index is 12.7. The van der Waals surface area contributed by atoms with Crippen molar-refractivity contribution in [3.8, 4) is 0 Å². The summed E-state index contributed by atoms with van der Waals surface area (Å²) >= 11 is 5.96. The lowest BCUT2D eigenvalue weighted by Crippen LogP contribution is -2.70. The Labute approximate surface area is 189 Å².